The van der Waals surface area contributed by atoms with Crippen LogP contribution in [0.3, 0.4) is 0 Å². The van der Waals surface area contributed by atoms with Crippen molar-refractivity contribution in [3.63, 3.8) is 0 Å². The Morgan fingerprint density at radius 2 is 2.37 bits per heavy atom. The summed E-state index contributed by atoms with van der Waals surface area (Å²) in [6.07, 6.45) is 3.90. The van der Waals surface area contributed by atoms with Crippen molar-refractivity contribution in [2.75, 3.05) is 0 Å². The molecule has 0 bridgehead atoms. The zero-order chi connectivity index (χ0) is 13.7. The van der Waals surface area contributed by atoms with Gasteiger partial charge in [-0.2, -0.15) is 0 Å². The molecule has 0 unspecified atom stereocenters. The predicted molar refractivity (Wildman–Crippen MR) is 69.5 cm³/mol. The van der Waals surface area contributed by atoms with Crippen LogP contribution in [0.5, 0.6) is 5.75 Å². The standard InChI is InChI=1S/C13H10FNO3S/c14-10-2-3-11(9(7-10)1-4-13(16)17)18-8-12-15-5-6-19-12/h1-7H,8H2,(H,16,17)/b4-1+. The highest BCUT2D eigenvalue weighted by molar-refractivity contribution is 7.09. The van der Waals surface area contributed by atoms with Gasteiger partial charge in [0.1, 0.15) is 23.2 Å². The van der Waals surface area contributed by atoms with Gasteiger partial charge in [0.15, 0.2) is 0 Å². The lowest BCUT2D eigenvalue weighted by molar-refractivity contribution is -0.131. The first-order chi connectivity index (χ1) is 9.15. The Morgan fingerprint density at radius 1 is 1.53 bits per heavy atom. The molecule has 0 radical (unpaired) electrons. The van der Waals surface area contributed by atoms with E-state index in [0.29, 0.717) is 11.3 Å². The van der Waals surface area contributed by atoms with Crippen molar-refractivity contribution in [3.8, 4) is 5.75 Å². The number of aromatic nitrogens is 1. The van der Waals surface area contributed by atoms with E-state index in [0.717, 1.165) is 11.1 Å². The average molecular weight is 279 g/mol. The molecule has 0 saturated carbocycles. The normalized spacial score (nSPS) is 10.8. The number of ether oxygens (including phenoxy) is 1. The molecule has 0 amide bonds. The van der Waals surface area contributed by atoms with Crippen LogP contribution >= 0.6 is 11.3 Å². The second-order valence-electron chi connectivity index (χ2n) is 3.57. The molecular weight excluding hydrogens is 269 g/mol. The van der Waals surface area contributed by atoms with Gasteiger partial charge in [-0.3, -0.25) is 0 Å². The van der Waals surface area contributed by atoms with Gasteiger partial charge in [0, 0.05) is 23.2 Å². The number of carboxylic acid groups (broad SMARTS) is 1. The summed E-state index contributed by atoms with van der Waals surface area (Å²) in [5.41, 5.74) is 0.374. The fraction of sp³-hybridized carbons (Fsp3) is 0.0769. The summed E-state index contributed by atoms with van der Waals surface area (Å²) in [7, 11) is 0. The van der Waals surface area contributed by atoms with E-state index < -0.39 is 11.8 Å². The third kappa shape index (κ3) is 3.89. The lowest BCUT2D eigenvalue weighted by atomic mass is 10.2. The van der Waals surface area contributed by atoms with Gasteiger partial charge in [0.25, 0.3) is 0 Å². The number of carbonyl (C=O) groups is 1. The Morgan fingerprint density at radius 3 is 3.05 bits per heavy atom. The monoisotopic (exact) mass is 279 g/mol. The molecule has 19 heavy (non-hydrogen) atoms. The van der Waals surface area contributed by atoms with Crippen LogP contribution in [0, 0.1) is 5.82 Å². The maximum Gasteiger partial charge on any atom is 0.328 e. The number of thiazole rings is 1. The second-order valence-corrected chi connectivity index (χ2v) is 4.55. The minimum absolute atomic E-state index is 0.261. The third-order valence-corrected chi connectivity index (χ3v) is 2.97. The topological polar surface area (TPSA) is 59.4 Å². The predicted octanol–water partition coefficient (Wildman–Crippen LogP) is 2.96. The minimum atomic E-state index is -1.10. The summed E-state index contributed by atoms with van der Waals surface area (Å²) in [4.78, 5) is 14.5. The zero-order valence-electron chi connectivity index (χ0n) is 9.75. The van der Waals surface area contributed by atoms with Crippen LogP contribution in [0.4, 0.5) is 4.39 Å². The molecule has 0 aliphatic rings. The van der Waals surface area contributed by atoms with Crippen molar-refractivity contribution < 1.29 is 19.0 Å². The summed E-state index contributed by atoms with van der Waals surface area (Å²) in [5.74, 6) is -1.14. The number of benzene rings is 1. The Labute approximate surface area is 112 Å². The van der Waals surface area contributed by atoms with E-state index in [9.17, 15) is 9.18 Å². The van der Waals surface area contributed by atoms with Gasteiger partial charge in [-0.05, 0) is 24.3 Å². The summed E-state index contributed by atoms with van der Waals surface area (Å²) in [5, 5.41) is 11.2. The molecular formula is C13H10FNO3S. The van der Waals surface area contributed by atoms with Crippen LogP contribution in [0.1, 0.15) is 10.6 Å². The Hall–Kier alpha value is -2.21. The van der Waals surface area contributed by atoms with E-state index in [1.165, 1.54) is 35.6 Å². The van der Waals surface area contributed by atoms with E-state index in [2.05, 4.69) is 4.98 Å². The third-order valence-electron chi connectivity index (χ3n) is 2.21. The van der Waals surface area contributed by atoms with Gasteiger partial charge < -0.3 is 9.84 Å². The number of hydrogen-bond acceptors (Lipinski definition) is 4. The van der Waals surface area contributed by atoms with Crippen molar-refractivity contribution >= 4 is 23.4 Å². The molecule has 1 heterocycles. The first-order valence-electron chi connectivity index (χ1n) is 5.37. The Bertz CT molecular complexity index is 596. The maximum absolute atomic E-state index is 13.1. The van der Waals surface area contributed by atoms with Gasteiger partial charge in [0.2, 0.25) is 0 Å². The molecule has 0 spiro atoms. The maximum atomic E-state index is 13.1. The zero-order valence-corrected chi connectivity index (χ0v) is 10.6. The van der Waals surface area contributed by atoms with Crippen molar-refractivity contribution in [3.05, 3.63) is 52.2 Å². The molecule has 1 aromatic carbocycles. The number of nitrogens with zero attached hydrogens (tertiary/aromatic N) is 1. The highest BCUT2D eigenvalue weighted by Crippen LogP contribution is 2.22. The number of hydrogen-bond donors (Lipinski definition) is 1. The molecule has 0 atom stereocenters. The smallest absolute Gasteiger partial charge is 0.328 e. The SMILES string of the molecule is O=C(O)/C=C/c1cc(F)ccc1OCc1nccs1. The average Bonchev–Trinajstić information content (AvgIpc) is 2.88. The van der Waals surface area contributed by atoms with Gasteiger partial charge >= 0.3 is 5.97 Å². The molecule has 1 aromatic heterocycles. The molecule has 0 fully saturated rings. The number of halogens is 1. The number of aliphatic carboxylic acids is 1. The number of rotatable bonds is 5. The molecule has 4 nitrogen and oxygen atoms in total. The molecule has 0 saturated heterocycles. The quantitative estimate of drug-likeness (QED) is 0.855. The lowest BCUT2D eigenvalue weighted by Gasteiger charge is -2.07. The molecule has 98 valence electrons. The van der Waals surface area contributed by atoms with E-state index in [4.69, 9.17) is 9.84 Å². The molecule has 1 N–H and O–H groups in total. The van der Waals surface area contributed by atoms with E-state index in [-0.39, 0.29) is 6.61 Å². The summed E-state index contributed by atoms with van der Waals surface area (Å²) in [6.45, 7) is 0.261. The van der Waals surface area contributed by atoms with Crippen LogP contribution in [-0.2, 0) is 11.4 Å². The first-order valence-corrected chi connectivity index (χ1v) is 6.25. The van der Waals surface area contributed by atoms with Gasteiger partial charge in [-0.15, -0.1) is 11.3 Å². The number of carboxylic acids is 1. The fourth-order valence-corrected chi connectivity index (χ4v) is 1.93. The van der Waals surface area contributed by atoms with Crippen LogP contribution in [0.15, 0.2) is 35.9 Å². The van der Waals surface area contributed by atoms with Crippen LogP contribution in [-0.4, -0.2) is 16.1 Å². The van der Waals surface area contributed by atoms with Crippen LogP contribution in [0.2, 0.25) is 0 Å². The molecule has 0 aliphatic heterocycles. The highest BCUT2D eigenvalue weighted by atomic mass is 32.1. The largest absolute Gasteiger partial charge is 0.486 e. The summed E-state index contributed by atoms with van der Waals surface area (Å²) < 4.78 is 18.6. The minimum Gasteiger partial charge on any atom is -0.486 e. The molecule has 2 rings (SSSR count). The van der Waals surface area contributed by atoms with E-state index >= 15 is 0 Å². The Balaban J connectivity index is 2.16. The van der Waals surface area contributed by atoms with Crippen molar-refractivity contribution in [1.29, 1.82) is 0 Å². The van der Waals surface area contributed by atoms with Gasteiger partial charge in [-0.1, -0.05) is 0 Å². The van der Waals surface area contributed by atoms with Gasteiger partial charge in [-0.25, -0.2) is 14.2 Å². The molecule has 6 heteroatoms. The van der Waals surface area contributed by atoms with Crippen LogP contribution < -0.4 is 4.74 Å². The van der Waals surface area contributed by atoms with Crippen molar-refractivity contribution in [2.24, 2.45) is 0 Å². The van der Waals surface area contributed by atoms with Crippen molar-refractivity contribution in [2.45, 2.75) is 6.61 Å². The summed E-state index contributed by atoms with van der Waals surface area (Å²) >= 11 is 1.45. The second kappa shape index (κ2) is 6.10. The highest BCUT2D eigenvalue weighted by Gasteiger charge is 2.05. The fourth-order valence-electron chi connectivity index (χ4n) is 1.41. The van der Waals surface area contributed by atoms with Crippen LogP contribution in [0.25, 0.3) is 6.08 Å². The lowest BCUT2D eigenvalue weighted by Crippen LogP contribution is -1.97. The Kier molecular flexibility index (Phi) is 4.25. The van der Waals surface area contributed by atoms with Gasteiger partial charge in [0.05, 0.1) is 0 Å². The summed E-state index contributed by atoms with van der Waals surface area (Å²) in [6, 6.07) is 3.94. The molecule has 2 aromatic rings. The molecule has 0 aliphatic carbocycles. The van der Waals surface area contributed by atoms with Crippen molar-refractivity contribution in [1.82, 2.24) is 4.98 Å². The van der Waals surface area contributed by atoms with E-state index in [1.807, 2.05) is 5.38 Å². The van der Waals surface area contributed by atoms with E-state index in [1.54, 1.807) is 6.20 Å². The first kappa shape index (κ1) is 13.2.